The average Bonchev–Trinajstić information content (AvgIpc) is 3.21. The number of benzene rings is 1. The van der Waals surface area contributed by atoms with E-state index in [1.54, 1.807) is 25.1 Å². The van der Waals surface area contributed by atoms with Gasteiger partial charge in [0.1, 0.15) is 6.10 Å². The number of rotatable bonds is 6. The van der Waals surface area contributed by atoms with Gasteiger partial charge in [-0.1, -0.05) is 0 Å². The van der Waals surface area contributed by atoms with E-state index >= 15 is 0 Å². The van der Waals surface area contributed by atoms with Crippen LogP contribution in [0.5, 0.6) is 0 Å². The third-order valence-electron chi connectivity index (χ3n) is 4.11. The molecule has 0 saturated carbocycles. The van der Waals surface area contributed by atoms with Gasteiger partial charge >= 0.3 is 5.97 Å². The number of hydrogen-bond donors (Lipinski definition) is 3. The van der Waals surface area contributed by atoms with Crippen LogP contribution in [0.3, 0.4) is 0 Å². The number of hydrogen-bond acceptors (Lipinski definition) is 4. The highest BCUT2D eigenvalue weighted by molar-refractivity contribution is 6.04. The standard InChI is InChI=1S/C17H20N2O5/c1-10(24-9-12-3-2-6-23-12)16(20)19-11-4-5-13-14(17(21)22)8-18-15(13)7-11/h4-5,7-8,10,12,18H,2-3,6,9H2,1H3,(H,19,20)(H,21,22). The molecule has 128 valence electrons. The lowest BCUT2D eigenvalue weighted by molar-refractivity contribution is -0.128. The van der Waals surface area contributed by atoms with Crippen molar-refractivity contribution in [3.63, 3.8) is 0 Å². The summed E-state index contributed by atoms with van der Waals surface area (Å²) in [6.45, 7) is 2.86. The molecule has 0 spiro atoms. The Morgan fingerprint density at radius 1 is 1.50 bits per heavy atom. The molecule has 1 aromatic heterocycles. The number of carbonyl (C=O) groups excluding carboxylic acids is 1. The van der Waals surface area contributed by atoms with E-state index in [0.717, 1.165) is 19.4 Å². The van der Waals surface area contributed by atoms with Gasteiger partial charge in [0.15, 0.2) is 0 Å². The third kappa shape index (κ3) is 3.58. The first-order valence-corrected chi connectivity index (χ1v) is 7.93. The van der Waals surface area contributed by atoms with Crippen molar-refractivity contribution in [3.05, 3.63) is 30.0 Å². The van der Waals surface area contributed by atoms with E-state index in [-0.39, 0.29) is 17.6 Å². The minimum atomic E-state index is -0.991. The number of nitrogens with one attached hydrogen (secondary N) is 2. The first-order chi connectivity index (χ1) is 11.5. The first-order valence-electron chi connectivity index (χ1n) is 7.93. The molecule has 1 aliphatic rings. The molecule has 3 N–H and O–H groups in total. The van der Waals surface area contributed by atoms with Crippen LogP contribution in [0.4, 0.5) is 5.69 Å². The molecule has 2 atom stereocenters. The predicted molar refractivity (Wildman–Crippen MR) is 88.3 cm³/mol. The van der Waals surface area contributed by atoms with Gasteiger partial charge < -0.3 is 24.9 Å². The second-order valence-corrected chi connectivity index (χ2v) is 5.87. The van der Waals surface area contributed by atoms with Gasteiger partial charge in [-0.05, 0) is 38.0 Å². The number of carboxylic acid groups (broad SMARTS) is 1. The van der Waals surface area contributed by atoms with Gasteiger partial charge in [-0.3, -0.25) is 4.79 Å². The minimum Gasteiger partial charge on any atom is -0.478 e. The number of aromatic carboxylic acids is 1. The smallest absolute Gasteiger partial charge is 0.337 e. The largest absolute Gasteiger partial charge is 0.478 e. The molecule has 7 heteroatoms. The molecule has 3 rings (SSSR count). The monoisotopic (exact) mass is 332 g/mol. The lowest BCUT2D eigenvalue weighted by Gasteiger charge is -2.16. The maximum Gasteiger partial charge on any atom is 0.337 e. The van der Waals surface area contributed by atoms with Crippen molar-refractivity contribution in [2.75, 3.05) is 18.5 Å². The van der Waals surface area contributed by atoms with Crippen LogP contribution in [0.2, 0.25) is 0 Å². The molecular formula is C17H20N2O5. The Morgan fingerprint density at radius 2 is 2.33 bits per heavy atom. The molecule has 1 amide bonds. The first kappa shape index (κ1) is 16.5. The molecule has 0 radical (unpaired) electrons. The Kier molecular flexibility index (Phi) is 4.82. The number of amides is 1. The number of ether oxygens (including phenoxy) is 2. The summed E-state index contributed by atoms with van der Waals surface area (Å²) >= 11 is 0. The second kappa shape index (κ2) is 7.02. The summed E-state index contributed by atoms with van der Waals surface area (Å²) in [6, 6.07) is 5.04. The van der Waals surface area contributed by atoms with E-state index in [1.807, 2.05) is 0 Å². The van der Waals surface area contributed by atoms with Crippen molar-refractivity contribution < 1.29 is 24.2 Å². The summed E-state index contributed by atoms with van der Waals surface area (Å²) < 4.78 is 11.0. The summed E-state index contributed by atoms with van der Waals surface area (Å²) in [5, 5.41) is 12.5. The number of carboxylic acids is 1. The Morgan fingerprint density at radius 3 is 3.04 bits per heavy atom. The highest BCUT2D eigenvalue weighted by Crippen LogP contribution is 2.22. The number of aromatic amines is 1. The van der Waals surface area contributed by atoms with Gasteiger partial charge in [0, 0.05) is 29.4 Å². The summed E-state index contributed by atoms with van der Waals surface area (Å²) in [4.78, 5) is 26.2. The fourth-order valence-electron chi connectivity index (χ4n) is 2.73. The van der Waals surface area contributed by atoms with Crippen LogP contribution in [0.15, 0.2) is 24.4 Å². The van der Waals surface area contributed by atoms with Gasteiger partial charge in [0.25, 0.3) is 5.91 Å². The van der Waals surface area contributed by atoms with Gasteiger partial charge in [-0.2, -0.15) is 0 Å². The van der Waals surface area contributed by atoms with E-state index in [9.17, 15) is 9.59 Å². The molecule has 1 saturated heterocycles. The zero-order valence-electron chi connectivity index (χ0n) is 13.4. The Hall–Kier alpha value is -2.38. The Balaban J connectivity index is 1.61. The maximum atomic E-state index is 12.2. The van der Waals surface area contributed by atoms with Crippen LogP contribution in [-0.4, -0.2) is 47.4 Å². The Labute approximate surface area is 138 Å². The highest BCUT2D eigenvalue weighted by Gasteiger charge is 2.20. The quantitative estimate of drug-likeness (QED) is 0.754. The number of anilines is 1. The number of H-pyrrole nitrogens is 1. The van der Waals surface area contributed by atoms with Crippen LogP contribution in [0.1, 0.15) is 30.1 Å². The highest BCUT2D eigenvalue weighted by atomic mass is 16.5. The number of fused-ring (bicyclic) bond motifs is 1. The summed E-state index contributed by atoms with van der Waals surface area (Å²) in [6.07, 6.45) is 2.91. The van der Waals surface area contributed by atoms with Gasteiger partial charge in [0.05, 0.1) is 18.3 Å². The zero-order valence-corrected chi connectivity index (χ0v) is 13.4. The summed E-state index contributed by atoms with van der Waals surface area (Å²) in [5.41, 5.74) is 1.44. The topological polar surface area (TPSA) is 101 Å². The molecule has 1 aliphatic heterocycles. The van der Waals surface area contributed by atoms with E-state index in [0.29, 0.717) is 23.2 Å². The second-order valence-electron chi connectivity index (χ2n) is 5.87. The van der Waals surface area contributed by atoms with Crippen molar-refractivity contribution in [2.45, 2.75) is 32.0 Å². The van der Waals surface area contributed by atoms with Crippen molar-refractivity contribution in [1.82, 2.24) is 4.98 Å². The van der Waals surface area contributed by atoms with Crippen molar-refractivity contribution in [3.8, 4) is 0 Å². The number of carbonyl (C=O) groups is 2. The van der Waals surface area contributed by atoms with Crippen molar-refractivity contribution in [1.29, 1.82) is 0 Å². The van der Waals surface area contributed by atoms with Gasteiger partial charge in [-0.15, -0.1) is 0 Å². The summed E-state index contributed by atoms with van der Waals surface area (Å²) in [5.74, 6) is -1.24. The van der Waals surface area contributed by atoms with Crippen molar-refractivity contribution >= 4 is 28.5 Å². The lowest BCUT2D eigenvalue weighted by Crippen LogP contribution is -2.30. The SMILES string of the molecule is CC(OCC1CCCO1)C(=O)Nc1ccc2c(C(=O)O)c[nH]c2c1. The van der Waals surface area contributed by atoms with Crippen LogP contribution < -0.4 is 5.32 Å². The fraction of sp³-hybridized carbons (Fsp3) is 0.412. The molecule has 2 unspecified atom stereocenters. The predicted octanol–water partition coefficient (Wildman–Crippen LogP) is 2.39. The van der Waals surface area contributed by atoms with Gasteiger partial charge in [0.2, 0.25) is 0 Å². The normalized spacial score (nSPS) is 18.6. The lowest BCUT2D eigenvalue weighted by atomic mass is 10.1. The summed E-state index contributed by atoms with van der Waals surface area (Å²) in [7, 11) is 0. The minimum absolute atomic E-state index is 0.0740. The molecule has 1 aromatic carbocycles. The number of aromatic nitrogens is 1. The molecular weight excluding hydrogens is 312 g/mol. The zero-order chi connectivity index (χ0) is 17.1. The average molecular weight is 332 g/mol. The van der Waals surface area contributed by atoms with Crippen molar-refractivity contribution in [2.24, 2.45) is 0 Å². The molecule has 1 fully saturated rings. The van der Waals surface area contributed by atoms with E-state index in [1.165, 1.54) is 6.20 Å². The molecule has 2 aromatic rings. The maximum absolute atomic E-state index is 12.2. The molecule has 0 bridgehead atoms. The van der Waals surface area contributed by atoms with Crippen LogP contribution in [0.25, 0.3) is 10.9 Å². The molecule has 0 aliphatic carbocycles. The van der Waals surface area contributed by atoms with Crippen LogP contribution in [-0.2, 0) is 14.3 Å². The van der Waals surface area contributed by atoms with E-state index in [2.05, 4.69) is 10.3 Å². The van der Waals surface area contributed by atoms with Crippen LogP contribution >= 0.6 is 0 Å². The van der Waals surface area contributed by atoms with Gasteiger partial charge in [-0.25, -0.2) is 4.79 Å². The Bertz CT molecular complexity index is 749. The van der Waals surface area contributed by atoms with E-state index in [4.69, 9.17) is 14.6 Å². The molecule has 24 heavy (non-hydrogen) atoms. The third-order valence-corrected chi connectivity index (χ3v) is 4.11. The molecule has 7 nitrogen and oxygen atoms in total. The van der Waals surface area contributed by atoms with E-state index < -0.39 is 12.1 Å². The van der Waals surface area contributed by atoms with Crippen LogP contribution in [0, 0.1) is 0 Å². The molecule has 2 heterocycles. The fourth-order valence-corrected chi connectivity index (χ4v) is 2.73.